The summed E-state index contributed by atoms with van der Waals surface area (Å²) >= 11 is 1.94. The van der Waals surface area contributed by atoms with Crippen LogP contribution >= 0.6 is 11.8 Å². The van der Waals surface area contributed by atoms with Crippen molar-refractivity contribution < 1.29 is 14.7 Å². The van der Waals surface area contributed by atoms with E-state index < -0.39 is 5.97 Å². The smallest absolute Gasteiger partial charge is 0.315 e. The van der Waals surface area contributed by atoms with Crippen molar-refractivity contribution in [1.29, 1.82) is 0 Å². The van der Waals surface area contributed by atoms with E-state index in [4.69, 9.17) is 5.11 Å². The fourth-order valence-corrected chi connectivity index (χ4v) is 3.33. The zero-order valence-corrected chi connectivity index (χ0v) is 13.2. The lowest BCUT2D eigenvalue weighted by molar-refractivity contribution is -0.141. The van der Waals surface area contributed by atoms with Gasteiger partial charge in [-0.15, -0.1) is 0 Å². The molecule has 2 atom stereocenters. The zero-order chi connectivity index (χ0) is 15.0. The lowest BCUT2D eigenvalue weighted by Crippen LogP contribution is -2.46. The number of nitrogens with one attached hydrogen (secondary N) is 2. The average molecular weight is 302 g/mol. The Labute approximate surface area is 125 Å². The molecule has 0 aromatic rings. The lowest BCUT2D eigenvalue weighted by Gasteiger charge is -2.24. The van der Waals surface area contributed by atoms with Crippen molar-refractivity contribution in [1.82, 2.24) is 10.6 Å². The highest BCUT2D eigenvalue weighted by Crippen LogP contribution is 2.16. The van der Waals surface area contributed by atoms with E-state index in [1.165, 1.54) is 0 Å². The molecule has 1 fully saturated rings. The monoisotopic (exact) mass is 302 g/mol. The molecule has 1 aliphatic heterocycles. The van der Waals surface area contributed by atoms with E-state index in [2.05, 4.69) is 10.6 Å². The maximum atomic E-state index is 11.8. The number of urea groups is 1. The molecule has 0 spiro atoms. The normalized spacial score (nSPS) is 19.1. The number of hydrogen-bond donors (Lipinski definition) is 3. The van der Waals surface area contributed by atoms with Gasteiger partial charge in [0.1, 0.15) is 0 Å². The fraction of sp³-hybridized carbons (Fsp3) is 0.857. The van der Waals surface area contributed by atoms with E-state index in [-0.39, 0.29) is 18.0 Å². The predicted octanol–water partition coefficient (Wildman–Crippen LogP) is 2.46. The Balaban J connectivity index is 2.12. The molecule has 1 heterocycles. The number of hydrogen-bond acceptors (Lipinski definition) is 3. The number of rotatable bonds is 7. The molecule has 3 N–H and O–H groups in total. The molecule has 116 valence electrons. The summed E-state index contributed by atoms with van der Waals surface area (Å²) in [6.45, 7) is 3.68. The molecule has 0 aliphatic carbocycles. The maximum absolute atomic E-state index is 11.8. The van der Waals surface area contributed by atoms with E-state index in [1.54, 1.807) is 6.92 Å². The summed E-state index contributed by atoms with van der Waals surface area (Å²) in [4.78, 5) is 22.5. The van der Waals surface area contributed by atoms with Gasteiger partial charge in [0.05, 0.1) is 5.92 Å². The van der Waals surface area contributed by atoms with Gasteiger partial charge < -0.3 is 15.7 Å². The Hall–Kier alpha value is -0.910. The number of amides is 2. The molecule has 5 nitrogen and oxygen atoms in total. The molecule has 2 amide bonds. The largest absolute Gasteiger partial charge is 0.481 e. The van der Waals surface area contributed by atoms with Gasteiger partial charge in [0.25, 0.3) is 0 Å². The minimum atomic E-state index is -0.751. The van der Waals surface area contributed by atoms with Crippen LogP contribution in [0.15, 0.2) is 0 Å². The van der Waals surface area contributed by atoms with Gasteiger partial charge in [-0.05, 0) is 44.1 Å². The quantitative estimate of drug-likeness (QED) is 0.675. The highest BCUT2D eigenvalue weighted by Gasteiger charge is 2.17. The summed E-state index contributed by atoms with van der Waals surface area (Å²) in [7, 11) is 0. The molecule has 0 bridgehead atoms. The number of carbonyl (C=O) groups excluding carboxylic acids is 1. The molecule has 0 saturated carbocycles. The summed E-state index contributed by atoms with van der Waals surface area (Å²) in [5.74, 6) is 1.18. The average Bonchev–Trinajstić information content (AvgIpc) is 2.39. The highest BCUT2D eigenvalue weighted by molar-refractivity contribution is 7.99. The molecular weight excluding hydrogens is 276 g/mol. The van der Waals surface area contributed by atoms with E-state index >= 15 is 0 Å². The zero-order valence-electron chi connectivity index (χ0n) is 12.4. The van der Waals surface area contributed by atoms with Gasteiger partial charge in [0, 0.05) is 12.1 Å². The maximum Gasteiger partial charge on any atom is 0.315 e. The minimum absolute atomic E-state index is 0.0777. The summed E-state index contributed by atoms with van der Waals surface area (Å²) in [6.07, 6.45) is 4.37. The second-order valence-corrected chi connectivity index (χ2v) is 6.80. The van der Waals surface area contributed by atoms with Crippen molar-refractivity contribution in [3.05, 3.63) is 0 Å². The first kappa shape index (κ1) is 17.1. The minimum Gasteiger partial charge on any atom is -0.481 e. The van der Waals surface area contributed by atoms with Crippen molar-refractivity contribution in [3.63, 3.8) is 0 Å². The van der Waals surface area contributed by atoms with Gasteiger partial charge in [-0.3, -0.25) is 4.79 Å². The van der Waals surface area contributed by atoms with Crippen molar-refractivity contribution >= 4 is 23.8 Å². The molecule has 6 heteroatoms. The number of carboxylic acids is 1. The van der Waals surface area contributed by atoms with Gasteiger partial charge in [-0.25, -0.2) is 4.79 Å². The summed E-state index contributed by atoms with van der Waals surface area (Å²) in [6, 6.07) is 0.283. The number of carbonyl (C=O) groups is 2. The van der Waals surface area contributed by atoms with Crippen molar-refractivity contribution in [2.45, 2.75) is 58.0 Å². The second kappa shape index (κ2) is 9.10. The number of carboxylic acid groups (broad SMARTS) is 1. The third kappa shape index (κ3) is 7.03. The van der Waals surface area contributed by atoms with E-state index in [0.29, 0.717) is 12.5 Å². The van der Waals surface area contributed by atoms with Crippen LogP contribution in [0, 0.1) is 5.92 Å². The first-order valence-electron chi connectivity index (χ1n) is 7.36. The van der Waals surface area contributed by atoms with Crippen LogP contribution in [0.5, 0.6) is 0 Å². The van der Waals surface area contributed by atoms with Crippen LogP contribution in [0.1, 0.15) is 46.0 Å². The highest BCUT2D eigenvalue weighted by atomic mass is 32.2. The van der Waals surface area contributed by atoms with Crippen LogP contribution in [0.4, 0.5) is 4.79 Å². The Morgan fingerprint density at radius 1 is 1.25 bits per heavy atom. The molecule has 1 saturated heterocycles. The van der Waals surface area contributed by atoms with E-state index in [0.717, 1.165) is 37.2 Å². The molecule has 0 aromatic heterocycles. The van der Waals surface area contributed by atoms with Crippen LogP contribution < -0.4 is 10.6 Å². The van der Waals surface area contributed by atoms with E-state index in [1.807, 2.05) is 18.7 Å². The Morgan fingerprint density at radius 2 is 1.90 bits per heavy atom. The third-order valence-corrected chi connectivity index (χ3v) is 4.68. The van der Waals surface area contributed by atoms with Gasteiger partial charge in [-0.2, -0.15) is 11.8 Å². The van der Waals surface area contributed by atoms with Gasteiger partial charge in [-0.1, -0.05) is 13.3 Å². The molecule has 2 unspecified atom stereocenters. The topological polar surface area (TPSA) is 78.4 Å². The van der Waals surface area contributed by atoms with Gasteiger partial charge >= 0.3 is 12.0 Å². The Kier molecular flexibility index (Phi) is 7.80. The molecule has 20 heavy (non-hydrogen) atoms. The van der Waals surface area contributed by atoms with Crippen molar-refractivity contribution in [3.8, 4) is 0 Å². The van der Waals surface area contributed by atoms with Crippen molar-refractivity contribution in [2.24, 2.45) is 5.92 Å². The predicted molar refractivity (Wildman–Crippen MR) is 82.1 cm³/mol. The number of aliphatic carboxylic acids is 1. The summed E-state index contributed by atoms with van der Waals surface area (Å²) < 4.78 is 0. The first-order chi connectivity index (χ1) is 9.49. The standard InChI is InChI=1S/C14H26N2O3S/c1-10(13(17)18)4-3-5-11(2)15-14(19)16-12-6-8-20-9-7-12/h10-12H,3-9H2,1-2H3,(H,17,18)(H2,15,16,19). The van der Waals surface area contributed by atoms with E-state index in [9.17, 15) is 9.59 Å². The molecule has 0 aromatic carbocycles. The number of thioether (sulfide) groups is 1. The van der Waals surface area contributed by atoms with Gasteiger partial charge in [0.15, 0.2) is 0 Å². The first-order valence-corrected chi connectivity index (χ1v) is 8.52. The molecule has 1 rings (SSSR count). The Bertz CT molecular complexity index is 320. The SMILES string of the molecule is CC(CCCC(C)C(=O)O)NC(=O)NC1CCSCC1. The fourth-order valence-electron chi connectivity index (χ4n) is 2.22. The van der Waals surface area contributed by atoms with Crippen LogP contribution in [0.25, 0.3) is 0 Å². The van der Waals surface area contributed by atoms with Gasteiger partial charge in [0.2, 0.25) is 0 Å². The third-order valence-electron chi connectivity index (χ3n) is 3.63. The summed E-state index contributed by atoms with van der Waals surface area (Å²) in [5.41, 5.74) is 0. The molecule has 1 aliphatic rings. The summed E-state index contributed by atoms with van der Waals surface area (Å²) in [5, 5.41) is 14.7. The molecule has 0 radical (unpaired) electrons. The van der Waals surface area contributed by atoms with Crippen LogP contribution in [-0.2, 0) is 4.79 Å². The van der Waals surface area contributed by atoms with Crippen molar-refractivity contribution in [2.75, 3.05) is 11.5 Å². The molecular formula is C14H26N2O3S. The Morgan fingerprint density at radius 3 is 2.50 bits per heavy atom. The second-order valence-electron chi connectivity index (χ2n) is 5.58. The van der Waals surface area contributed by atoms with Crippen LogP contribution in [-0.4, -0.2) is 40.7 Å². The van der Waals surface area contributed by atoms with Crippen LogP contribution in [0.2, 0.25) is 0 Å². The van der Waals surface area contributed by atoms with Crippen LogP contribution in [0.3, 0.4) is 0 Å². The lowest BCUT2D eigenvalue weighted by atomic mass is 10.0.